The van der Waals surface area contributed by atoms with Crippen molar-refractivity contribution in [2.45, 2.75) is 38.2 Å². The topological polar surface area (TPSA) is 93.1 Å². The smallest absolute Gasteiger partial charge is 0.416 e. The number of anilines is 2. The molecule has 4 heterocycles. The van der Waals surface area contributed by atoms with Gasteiger partial charge in [0.05, 0.1) is 12.2 Å². The minimum atomic E-state index is -0.411. The number of hydrogen-bond acceptors (Lipinski definition) is 7. The van der Waals surface area contributed by atoms with E-state index in [-0.39, 0.29) is 30.9 Å². The first-order valence-corrected chi connectivity index (χ1v) is 11.0. The first-order valence-electron chi connectivity index (χ1n) is 11.0. The Morgan fingerprint density at radius 3 is 2.62 bits per heavy atom. The Hall–Kier alpha value is -2.97. The van der Waals surface area contributed by atoms with Crippen molar-refractivity contribution in [3.8, 4) is 11.3 Å². The fourth-order valence-electron chi connectivity index (χ4n) is 4.51. The molecule has 1 amide bonds. The Labute approximate surface area is 211 Å². The number of nitrogens with zero attached hydrogens (tertiary/aromatic N) is 5. The fourth-order valence-corrected chi connectivity index (χ4v) is 4.51. The zero-order chi connectivity index (χ0) is 22.0. The summed E-state index contributed by atoms with van der Waals surface area (Å²) >= 11 is 0. The molecule has 34 heavy (non-hydrogen) atoms. The van der Waals surface area contributed by atoms with Crippen LogP contribution >= 0.6 is 24.8 Å². The van der Waals surface area contributed by atoms with Gasteiger partial charge in [0.15, 0.2) is 5.82 Å². The maximum absolute atomic E-state index is 12.4. The third kappa shape index (κ3) is 5.56. The molecule has 2 fully saturated rings. The average molecular weight is 503 g/mol. The monoisotopic (exact) mass is 502 g/mol. The minimum absolute atomic E-state index is 0. The number of amides is 1. The summed E-state index contributed by atoms with van der Waals surface area (Å²) in [6.45, 7) is 3.38. The third-order valence-electron chi connectivity index (χ3n) is 6.34. The van der Waals surface area contributed by atoms with E-state index in [1.807, 2.05) is 43.5 Å². The second-order valence-corrected chi connectivity index (χ2v) is 8.64. The molecule has 1 saturated heterocycles. The summed E-state index contributed by atoms with van der Waals surface area (Å²) in [7, 11) is 0. The van der Waals surface area contributed by atoms with Gasteiger partial charge in [0.2, 0.25) is 0 Å². The van der Waals surface area contributed by atoms with E-state index < -0.39 is 5.60 Å². The van der Waals surface area contributed by atoms with Gasteiger partial charge in [-0.3, -0.25) is 9.88 Å². The van der Waals surface area contributed by atoms with Gasteiger partial charge in [-0.15, -0.1) is 29.9 Å². The molecule has 1 aliphatic carbocycles. The number of aromatic nitrogens is 4. The van der Waals surface area contributed by atoms with E-state index in [1.165, 1.54) is 0 Å². The van der Waals surface area contributed by atoms with Crippen LogP contribution in [0, 0.1) is 12.8 Å². The standard InChI is InChI=1S/C24H26N6O2.2ClH/c1-17-4-2-5-20(28-17)19-7-8-21(26-15-19)25-14-18-9-11-24(12-10-18)16-30(23(31)32-24)22-6-3-13-27-29-22;;/h2-8,13,15,18H,9-12,14,16H2,1H3,(H,25,26);2*1H. The molecule has 0 unspecified atom stereocenters. The number of carbonyl (C=O) groups excluding carboxylic acids is 1. The molecule has 3 aromatic rings. The second-order valence-electron chi connectivity index (χ2n) is 8.64. The zero-order valence-electron chi connectivity index (χ0n) is 18.9. The summed E-state index contributed by atoms with van der Waals surface area (Å²) in [5, 5.41) is 11.4. The molecule has 8 nitrogen and oxygen atoms in total. The second kappa shape index (κ2) is 11.0. The van der Waals surface area contributed by atoms with Gasteiger partial charge in [0, 0.05) is 30.2 Å². The van der Waals surface area contributed by atoms with Crippen LogP contribution in [0.4, 0.5) is 16.4 Å². The van der Waals surface area contributed by atoms with E-state index in [9.17, 15) is 4.79 Å². The summed E-state index contributed by atoms with van der Waals surface area (Å²) in [5.41, 5.74) is 2.52. The normalized spacial score (nSPS) is 21.4. The van der Waals surface area contributed by atoms with Crippen molar-refractivity contribution in [3.05, 3.63) is 60.6 Å². The number of nitrogens with one attached hydrogen (secondary N) is 1. The number of halogens is 2. The fraction of sp³-hybridized carbons (Fsp3) is 0.375. The van der Waals surface area contributed by atoms with Crippen molar-refractivity contribution < 1.29 is 9.53 Å². The summed E-state index contributed by atoms with van der Waals surface area (Å²) in [6.07, 6.45) is 6.84. The highest BCUT2D eigenvalue weighted by Crippen LogP contribution is 2.40. The van der Waals surface area contributed by atoms with Crippen LogP contribution in [0.15, 0.2) is 54.9 Å². The first-order chi connectivity index (χ1) is 15.6. The lowest BCUT2D eigenvalue weighted by Crippen LogP contribution is -2.39. The molecule has 1 saturated carbocycles. The number of hydrogen-bond donors (Lipinski definition) is 1. The number of pyridine rings is 2. The van der Waals surface area contributed by atoms with E-state index >= 15 is 0 Å². The van der Waals surface area contributed by atoms with E-state index in [1.54, 1.807) is 23.2 Å². The molecule has 0 radical (unpaired) electrons. The van der Waals surface area contributed by atoms with Crippen LogP contribution in [0.2, 0.25) is 0 Å². The molecular formula is C24H28Cl2N6O2. The van der Waals surface area contributed by atoms with Crippen molar-refractivity contribution in [1.29, 1.82) is 0 Å². The van der Waals surface area contributed by atoms with Crippen LogP contribution < -0.4 is 10.2 Å². The summed E-state index contributed by atoms with van der Waals surface area (Å²) in [5.74, 6) is 1.93. The van der Waals surface area contributed by atoms with Crippen molar-refractivity contribution >= 4 is 42.5 Å². The lowest BCUT2D eigenvalue weighted by Gasteiger charge is -2.35. The first kappa shape index (κ1) is 25.6. The van der Waals surface area contributed by atoms with Gasteiger partial charge < -0.3 is 10.1 Å². The molecule has 0 bridgehead atoms. The van der Waals surface area contributed by atoms with Gasteiger partial charge in [-0.1, -0.05) is 6.07 Å². The predicted octanol–water partition coefficient (Wildman–Crippen LogP) is 5.08. The van der Waals surface area contributed by atoms with Crippen LogP contribution in [0.5, 0.6) is 0 Å². The number of ether oxygens (including phenoxy) is 1. The van der Waals surface area contributed by atoms with Crippen molar-refractivity contribution in [1.82, 2.24) is 20.2 Å². The van der Waals surface area contributed by atoms with Crippen LogP contribution in [0.25, 0.3) is 11.3 Å². The van der Waals surface area contributed by atoms with Crippen LogP contribution in [0.1, 0.15) is 31.4 Å². The Morgan fingerprint density at radius 1 is 1.12 bits per heavy atom. The highest BCUT2D eigenvalue weighted by atomic mass is 35.5. The summed E-state index contributed by atoms with van der Waals surface area (Å²) in [6, 6.07) is 13.6. The molecule has 0 aromatic carbocycles. The highest BCUT2D eigenvalue weighted by Gasteiger charge is 2.48. The lowest BCUT2D eigenvalue weighted by molar-refractivity contribution is 0.0148. The number of aryl methyl sites for hydroxylation is 1. The van der Waals surface area contributed by atoms with Gasteiger partial charge in [0.25, 0.3) is 0 Å². The van der Waals surface area contributed by atoms with Gasteiger partial charge >= 0.3 is 6.09 Å². The highest BCUT2D eigenvalue weighted by molar-refractivity contribution is 5.89. The quantitative estimate of drug-likeness (QED) is 0.519. The van der Waals surface area contributed by atoms with Crippen LogP contribution in [-0.4, -0.2) is 44.9 Å². The Bertz CT molecular complexity index is 1090. The molecule has 1 aliphatic heterocycles. The SMILES string of the molecule is Cc1cccc(-c2ccc(NCC3CCC4(CC3)CN(c3cccnn3)C(=O)O4)nc2)n1.Cl.Cl. The summed E-state index contributed by atoms with van der Waals surface area (Å²) in [4.78, 5) is 23.1. The van der Waals surface area contributed by atoms with Crippen molar-refractivity contribution in [3.63, 3.8) is 0 Å². The van der Waals surface area contributed by atoms with E-state index in [0.29, 0.717) is 18.3 Å². The molecule has 0 atom stereocenters. The maximum atomic E-state index is 12.4. The molecule has 1 N–H and O–H groups in total. The summed E-state index contributed by atoms with van der Waals surface area (Å²) < 4.78 is 5.81. The van der Waals surface area contributed by atoms with Gasteiger partial charge in [-0.2, -0.15) is 5.10 Å². The molecule has 2 aliphatic rings. The molecular weight excluding hydrogens is 475 g/mol. The molecule has 1 spiro atoms. The van der Waals surface area contributed by atoms with E-state index in [0.717, 1.165) is 55.0 Å². The van der Waals surface area contributed by atoms with Crippen LogP contribution in [0.3, 0.4) is 0 Å². The number of carbonyl (C=O) groups is 1. The Morgan fingerprint density at radius 2 is 1.94 bits per heavy atom. The Balaban J connectivity index is 0.00000162. The largest absolute Gasteiger partial charge is 0.441 e. The molecule has 3 aromatic heterocycles. The minimum Gasteiger partial charge on any atom is -0.441 e. The van der Waals surface area contributed by atoms with E-state index in [2.05, 4.69) is 25.5 Å². The Kier molecular flexibility index (Phi) is 8.28. The third-order valence-corrected chi connectivity index (χ3v) is 6.34. The van der Waals surface area contributed by atoms with E-state index in [4.69, 9.17) is 4.74 Å². The molecule has 10 heteroatoms. The zero-order valence-corrected chi connectivity index (χ0v) is 20.5. The molecule has 5 rings (SSSR count). The maximum Gasteiger partial charge on any atom is 0.416 e. The number of rotatable bonds is 5. The van der Waals surface area contributed by atoms with Gasteiger partial charge in [-0.25, -0.2) is 9.78 Å². The van der Waals surface area contributed by atoms with Crippen molar-refractivity contribution in [2.75, 3.05) is 23.3 Å². The molecule has 180 valence electrons. The predicted molar refractivity (Wildman–Crippen MR) is 136 cm³/mol. The van der Waals surface area contributed by atoms with Crippen LogP contribution in [-0.2, 0) is 4.74 Å². The van der Waals surface area contributed by atoms with Crippen molar-refractivity contribution in [2.24, 2.45) is 5.92 Å². The average Bonchev–Trinajstić information content (AvgIpc) is 3.15. The van der Waals surface area contributed by atoms with Gasteiger partial charge in [0.1, 0.15) is 11.4 Å². The lowest BCUT2D eigenvalue weighted by atomic mass is 9.78. The van der Waals surface area contributed by atoms with Gasteiger partial charge in [-0.05, 0) is 74.9 Å².